The Morgan fingerprint density at radius 1 is 1.00 bits per heavy atom. The van der Waals surface area contributed by atoms with Crippen LogP contribution in [-0.4, -0.2) is 36.5 Å². The van der Waals surface area contributed by atoms with E-state index in [1.807, 2.05) is 13.8 Å². The van der Waals surface area contributed by atoms with Gasteiger partial charge in [0.1, 0.15) is 11.8 Å². The highest BCUT2D eigenvalue weighted by molar-refractivity contribution is 7.92. The minimum Gasteiger partial charge on any atom is -0.454 e. The number of carbonyl (C=O) groups is 1. The molecular weight excluding hydrogens is 456 g/mol. The summed E-state index contributed by atoms with van der Waals surface area (Å²) in [4.78, 5) is 26.5. The number of aryl methyl sites for hydroxylation is 2. The van der Waals surface area contributed by atoms with Crippen molar-refractivity contribution in [2.45, 2.75) is 44.6 Å². The molecule has 0 amide bonds. The first-order chi connectivity index (χ1) is 16.1. The van der Waals surface area contributed by atoms with Crippen LogP contribution in [0.15, 0.2) is 58.2 Å². The number of carbonyl (C=O) groups excluding carboxylic acids is 1. The van der Waals surface area contributed by atoms with Gasteiger partial charge in [-0.1, -0.05) is 32.0 Å². The molecule has 1 aromatic heterocycles. The fourth-order valence-corrected chi connectivity index (χ4v) is 5.18. The summed E-state index contributed by atoms with van der Waals surface area (Å²) in [6, 6.07) is 11.7. The van der Waals surface area contributed by atoms with Crippen LogP contribution in [0.2, 0.25) is 0 Å². The zero-order valence-corrected chi connectivity index (χ0v) is 20.3. The molecule has 1 aliphatic rings. The normalized spacial score (nSPS) is 13.8. The number of aromatic nitrogens is 2. The van der Waals surface area contributed by atoms with E-state index in [0.717, 1.165) is 10.2 Å². The molecule has 4 rings (SSSR count). The smallest absolute Gasteiger partial charge is 0.270 e. The molecule has 0 aliphatic carbocycles. The highest BCUT2D eigenvalue weighted by atomic mass is 32.2. The first-order valence-corrected chi connectivity index (χ1v) is 12.5. The van der Waals surface area contributed by atoms with Crippen LogP contribution in [0, 0.1) is 13.8 Å². The van der Waals surface area contributed by atoms with Crippen molar-refractivity contribution >= 4 is 15.6 Å². The number of benzene rings is 2. The molecule has 0 radical (unpaired) electrons. The maximum Gasteiger partial charge on any atom is 0.270 e. The molecule has 0 N–H and O–H groups in total. The summed E-state index contributed by atoms with van der Waals surface area (Å²) in [6.45, 7) is 7.40. The molecule has 2 aromatic carbocycles. The van der Waals surface area contributed by atoms with Gasteiger partial charge in [0.2, 0.25) is 6.79 Å². The Morgan fingerprint density at radius 2 is 1.65 bits per heavy atom. The third-order valence-electron chi connectivity index (χ3n) is 5.74. The van der Waals surface area contributed by atoms with Crippen LogP contribution in [-0.2, 0) is 14.6 Å². The van der Waals surface area contributed by atoms with E-state index in [4.69, 9.17) is 9.47 Å². The molecule has 34 heavy (non-hydrogen) atoms. The molecule has 0 bridgehead atoms. The van der Waals surface area contributed by atoms with E-state index >= 15 is 0 Å². The second kappa shape index (κ2) is 9.06. The molecule has 8 nitrogen and oxygen atoms in total. The molecule has 1 unspecified atom stereocenters. The molecule has 0 saturated heterocycles. The lowest BCUT2D eigenvalue weighted by molar-refractivity contribution is -0.119. The van der Waals surface area contributed by atoms with Gasteiger partial charge in [-0.2, -0.15) is 5.10 Å². The first kappa shape index (κ1) is 23.7. The number of ketones is 1. The van der Waals surface area contributed by atoms with Crippen LogP contribution in [0.4, 0.5) is 0 Å². The fourth-order valence-electron chi connectivity index (χ4n) is 3.93. The largest absolute Gasteiger partial charge is 0.454 e. The molecule has 0 spiro atoms. The highest BCUT2D eigenvalue weighted by Crippen LogP contribution is 2.35. The van der Waals surface area contributed by atoms with Gasteiger partial charge in [0.05, 0.1) is 10.6 Å². The van der Waals surface area contributed by atoms with E-state index in [2.05, 4.69) is 5.10 Å². The summed E-state index contributed by atoms with van der Waals surface area (Å²) in [5.41, 5.74) is 1.84. The lowest BCUT2D eigenvalue weighted by Crippen LogP contribution is -2.36. The lowest BCUT2D eigenvalue weighted by Gasteiger charge is -2.19. The monoisotopic (exact) mass is 482 g/mol. The van der Waals surface area contributed by atoms with Crippen molar-refractivity contribution in [1.29, 1.82) is 0 Å². The fraction of sp³-hybridized carbons (Fsp3) is 0.320. The number of ether oxygens (including phenoxy) is 2. The van der Waals surface area contributed by atoms with Crippen molar-refractivity contribution in [3.05, 3.63) is 81.3 Å². The van der Waals surface area contributed by atoms with Gasteiger partial charge >= 0.3 is 0 Å². The number of fused-ring (bicyclic) bond motifs is 1. The molecule has 1 atom stereocenters. The standard InChI is InChI=1S/C25H26N2O6S/c1-15(2)18-5-8-20(9-6-18)34(30,31)13-21(28)24(27-25(29)16(3)11-17(4)26-27)19-7-10-22-23(12-19)33-14-32-22/h5-12,15,24H,13-14H2,1-4H3. The molecule has 2 heterocycles. The van der Waals surface area contributed by atoms with Gasteiger partial charge in [-0.3, -0.25) is 9.59 Å². The molecule has 1 aliphatic heterocycles. The number of rotatable bonds is 7. The summed E-state index contributed by atoms with van der Waals surface area (Å²) in [5, 5.41) is 4.28. The van der Waals surface area contributed by atoms with Gasteiger partial charge in [0.15, 0.2) is 27.1 Å². The van der Waals surface area contributed by atoms with Crippen molar-refractivity contribution in [2.75, 3.05) is 12.5 Å². The number of nitrogens with zero attached hydrogens (tertiary/aromatic N) is 2. The van der Waals surface area contributed by atoms with E-state index in [0.29, 0.717) is 28.3 Å². The Hall–Kier alpha value is -3.46. The predicted molar refractivity (Wildman–Crippen MR) is 126 cm³/mol. The first-order valence-electron chi connectivity index (χ1n) is 10.9. The zero-order chi connectivity index (χ0) is 24.6. The van der Waals surface area contributed by atoms with Crippen molar-refractivity contribution in [3.8, 4) is 11.5 Å². The van der Waals surface area contributed by atoms with Crippen LogP contribution in [0.5, 0.6) is 11.5 Å². The van der Waals surface area contributed by atoms with E-state index < -0.39 is 33.0 Å². The van der Waals surface area contributed by atoms with E-state index in [1.54, 1.807) is 50.2 Å². The Morgan fingerprint density at radius 3 is 2.32 bits per heavy atom. The summed E-state index contributed by atoms with van der Waals surface area (Å²) in [6.07, 6.45) is 0. The average molecular weight is 483 g/mol. The molecule has 0 saturated carbocycles. The predicted octanol–water partition coefficient (Wildman–Crippen LogP) is 3.34. The van der Waals surface area contributed by atoms with Gasteiger partial charge in [0.25, 0.3) is 5.56 Å². The van der Waals surface area contributed by atoms with Crippen molar-refractivity contribution in [3.63, 3.8) is 0 Å². The van der Waals surface area contributed by atoms with Crippen LogP contribution in [0.1, 0.15) is 48.2 Å². The highest BCUT2D eigenvalue weighted by Gasteiger charge is 2.31. The van der Waals surface area contributed by atoms with Crippen LogP contribution >= 0.6 is 0 Å². The minimum absolute atomic E-state index is 0.0416. The Labute approximate surface area is 198 Å². The van der Waals surface area contributed by atoms with E-state index in [-0.39, 0.29) is 17.6 Å². The summed E-state index contributed by atoms with van der Waals surface area (Å²) in [5.74, 6) is -0.287. The second-order valence-corrected chi connectivity index (χ2v) is 10.7. The molecule has 178 valence electrons. The third kappa shape index (κ3) is 4.61. The maximum absolute atomic E-state index is 13.5. The molecule has 3 aromatic rings. The topological polar surface area (TPSA) is 105 Å². The van der Waals surface area contributed by atoms with Crippen LogP contribution in [0.3, 0.4) is 0 Å². The summed E-state index contributed by atoms with van der Waals surface area (Å²) >= 11 is 0. The SMILES string of the molecule is Cc1cc(C)c(=O)n(C(C(=O)CS(=O)(=O)c2ccc(C(C)C)cc2)c2ccc3c(c2)OCO3)n1. The molecular formula is C25H26N2O6S. The maximum atomic E-state index is 13.5. The third-order valence-corrected chi connectivity index (χ3v) is 7.39. The number of hydrogen-bond acceptors (Lipinski definition) is 7. The van der Waals surface area contributed by atoms with E-state index in [1.165, 1.54) is 12.1 Å². The Balaban J connectivity index is 1.76. The summed E-state index contributed by atoms with van der Waals surface area (Å²) < 4.78 is 38.1. The van der Waals surface area contributed by atoms with Gasteiger partial charge in [-0.25, -0.2) is 13.1 Å². The van der Waals surface area contributed by atoms with Crippen molar-refractivity contribution in [2.24, 2.45) is 0 Å². The minimum atomic E-state index is -3.96. The average Bonchev–Trinajstić information content (AvgIpc) is 3.25. The molecule has 0 fully saturated rings. The Kier molecular flexibility index (Phi) is 6.31. The van der Waals surface area contributed by atoms with Crippen molar-refractivity contribution in [1.82, 2.24) is 9.78 Å². The summed E-state index contributed by atoms with van der Waals surface area (Å²) in [7, 11) is -3.96. The Bertz CT molecular complexity index is 1410. The zero-order valence-electron chi connectivity index (χ0n) is 19.4. The lowest BCUT2D eigenvalue weighted by atomic mass is 10.0. The van der Waals surface area contributed by atoms with Crippen LogP contribution in [0.25, 0.3) is 0 Å². The van der Waals surface area contributed by atoms with Gasteiger partial charge in [0, 0.05) is 5.56 Å². The van der Waals surface area contributed by atoms with Gasteiger partial charge < -0.3 is 9.47 Å². The van der Waals surface area contributed by atoms with Gasteiger partial charge in [-0.15, -0.1) is 0 Å². The number of sulfone groups is 1. The molecule has 9 heteroatoms. The van der Waals surface area contributed by atoms with Crippen molar-refractivity contribution < 1.29 is 22.7 Å². The number of hydrogen-bond donors (Lipinski definition) is 0. The quantitative estimate of drug-likeness (QED) is 0.509. The van der Waals surface area contributed by atoms with Gasteiger partial charge in [-0.05, 0) is 61.2 Å². The second-order valence-electron chi connectivity index (χ2n) is 8.68. The number of Topliss-reactive ketones (excluding diaryl/α,β-unsaturated/α-hetero) is 1. The van der Waals surface area contributed by atoms with Crippen LogP contribution < -0.4 is 15.0 Å². The van der Waals surface area contributed by atoms with E-state index in [9.17, 15) is 18.0 Å².